The Kier molecular flexibility index (Phi) is 6.15. The highest BCUT2D eigenvalue weighted by Crippen LogP contribution is 2.16. The fraction of sp³-hybridized carbons (Fsp3) is 0.667. The Labute approximate surface area is 113 Å². The number of rotatable bonds is 7. The largest absolute Gasteiger partial charge is 0.382 e. The van der Waals surface area contributed by atoms with Crippen molar-refractivity contribution >= 4 is 17.3 Å². The molecule has 0 aromatic carbocycles. The molecule has 0 aliphatic rings. The van der Waals surface area contributed by atoms with E-state index in [2.05, 4.69) is 22.7 Å². The van der Waals surface area contributed by atoms with Crippen molar-refractivity contribution in [1.29, 1.82) is 0 Å². The average molecular weight is 273 g/mol. The monoisotopic (exact) mass is 272 g/mol. The van der Waals surface area contributed by atoms with Gasteiger partial charge in [0.2, 0.25) is 0 Å². The van der Waals surface area contributed by atoms with Crippen LogP contribution < -0.4 is 16.2 Å². The predicted molar refractivity (Wildman–Crippen MR) is 75.5 cm³/mol. The van der Waals surface area contributed by atoms with Crippen molar-refractivity contribution in [3.63, 3.8) is 0 Å². The van der Waals surface area contributed by atoms with Crippen molar-refractivity contribution in [1.82, 2.24) is 15.1 Å². The van der Waals surface area contributed by atoms with Gasteiger partial charge in [-0.25, -0.2) is 4.68 Å². The number of hydrogen-bond donors (Lipinski definition) is 2. The zero-order valence-electron chi connectivity index (χ0n) is 11.2. The van der Waals surface area contributed by atoms with Gasteiger partial charge in [0.1, 0.15) is 5.02 Å². The first kappa shape index (κ1) is 15.0. The summed E-state index contributed by atoms with van der Waals surface area (Å²) in [6, 6.07) is 0.0119. The van der Waals surface area contributed by atoms with E-state index in [4.69, 9.17) is 11.6 Å². The highest BCUT2D eigenvalue weighted by Gasteiger charge is 2.10. The number of hydrogen-bond acceptors (Lipinski definition) is 4. The van der Waals surface area contributed by atoms with Crippen molar-refractivity contribution in [2.24, 2.45) is 0 Å². The van der Waals surface area contributed by atoms with Crippen LogP contribution in [-0.2, 0) is 0 Å². The third-order valence-electron chi connectivity index (χ3n) is 2.53. The maximum atomic E-state index is 11.9. The van der Waals surface area contributed by atoms with Gasteiger partial charge in [-0.2, -0.15) is 5.10 Å². The Morgan fingerprint density at radius 1 is 1.44 bits per heavy atom. The molecular formula is C12H21ClN4O. The van der Waals surface area contributed by atoms with E-state index in [0.29, 0.717) is 5.69 Å². The molecule has 0 spiro atoms. The quantitative estimate of drug-likeness (QED) is 0.744. The van der Waals surface area contributed by atoms with Gasteiger partial charge in [0.15, 0.2) is 0 Å². The van der Waals surface area contributed by atoms with Gasteiger partial charge < -0.3 is 10.6 Å². The molecule has 0 atom stereocenters. The van der Waals surface area contributed by atoms with Crippen LogP contribution in [0.25, 0.3) is 0 Å². The van der Waals surface area contributed by atoms with E-state index < -0.39 is 0 Å². The van der Waals surface area contributed by atoms with Crippen LogP contribution >= 0.6 is 11.6 Å². The first-order valence-electron chi connectivity index (χ1n) is 6.29. The Morgan fingerprint density at radius 2 is 2.17 bits per heavy atom. The van der Waals surface area contributed by atoms with E-state index in [1.807, 2.05) is 13.8 Å². The van der Waals surface area contributed by atoms with Crippen LogP contribution in [-0.4, -0.2) is 29.4 Å². The third kappa shape index (κ3) is 3.99. The van der Waals surface area contributed by atoms with Crippen molar-refractivity contribution in [2.45, 2.75) is 33.2 Å². The van der Waals surface area contributed by atoms with Crippen LogP contribution in [0, 0.1) is 0 Å². The standard InChI is InChI=1S/C12H21ClN4O/c1-4-14-6-5-7-15-10-8-16-17(9(2)3)12(18)11(10)13/h8-9,14-15H,4-7H2,1-3H3. The van der Waals surface area contributed by atoms with Gasteiger partial charge in [0.05, 0.1) is 17.9 Å². The third-order valence-corrected chi connectivity index (χ3v) is 2.89. The van der Waals surface area contributed by atoms with Crippen molar-refractivity contribution in [2.75, 3.05) is 25.0 Å². The zero-order chi connectivity index (χ0) is 13.5. The second-order valence-electron chi connectivity index (χ2n) is 4.35. The molecule has 0 fully saturated rings. The predicted octanol–water partition coefficient (Wildman–Crippen LogP) is 1.89. The smallest absolute Gasteiger partial charge is 0.287 e. The molecule has 1 aromatic heterocycles. The number of nitrogens with one attached hydrogen (secondary N) is 2. The molecule has 6 heteroatoms. The van der Waals surface area contributed by atoms with Crippen LogP contribution in [0.4, 0.5) is 5.69 Å². The summed E-state index contributed by atoms with van der Waals surface area (Å²) < 4.78 is 1.38. The summed E-state index contributed by atoms with van der Waals surface area (Å²) >= 11 is 6.03. The summed E-state index contributed by atoms with van der Waals surface area (Å²) in [5.41, 5.74) is 0.360. The highest BCUT2D eigenvalue weighted by molar-refractivity contribution is 6.32. The van der Waals surface area contributed by atoms with Crippen molar-refractivity contribution in [3.8, 4) is 0 Å². The fourth-order valence-electron chi connectivity index (χ4n) is 1.55. The normalized spacial score (nSPS) is 10.9. The summed E-state index contributed by atoms with van der Waals surface area (Å²) in [4.78, 5) is 11.9. The SMILES string of the molecule is CCNCCCNc1cnn(C(C)C)c(=O)c1Cl. The fourth-order valence-corrected chi connectivity index (χ4v) is 1.75. The number of anilines is 1. The van der Waals surface area contributed by atoms with Gasteiger partial charge in [-0.3, -0.25) is 4.79 Å². The number of nitrogens with zero attached hydrogens (tertiary/aromatic N) is 2. The highest BCUT2D eigenvalue weighted by atomic mass is 35.5. The lowest BCUT2D eigenvalue weighted by atomic mass is 10.3. The maximum Gasteiger partial charge on any atom is 0.287 e. The molecule has 0 aliphatic heterocycles. The van der Waals surface area contributed by atoms with Crippen LogP contribution in [0.3, 0.4) is 0 Å². The number of aromatic nitrogens is 2. The summed E-state index contributed by atoms with van der Waals surface area (Å²) in [5, 5.41) is 10.7. The van der Waals surface area contributed by atoms with Gasteiger partial charge in [-0.1, -0.05) is 18.5 Å². The molecular weight excluding hydrogens is 252 g/mol. The molecule has 102 valence electrons. The summed E-state index contributed by atoms with van der Waals surface area (Å²) in [5.74, 6) is 0. The number of halogens is 1. The minimum atomic E-state index is -0.247. The van der Waals surface area contributed by atoms with E-state index in [9.17, 15) is 4.79 Å². The summed E-state index contributed by atoms with van der Waals surface area (Å²) in [6.07, 6.45) is 2.58. The van der Waals surface area contributed by atoms with E-state index in [-0.39, 0.29) is 16.6 Å². The van der Waals surface area contributed by atoms with Gasteiger partial charge in [-0.05, 0) is 33.4 Å². The average Bonchev–Trinajstić information content (AvgIpc) is 2.33. The van der Waals surface area contributed by atoms with Crippen LogP contribution in [0.1, 0.15) is 33.2 Å². The first-order chi connectivity index (χ1) is 8.57. The molecule has 1 rings (SSSR count). The summed E-state index contributed by atoms with van der Waals surface area (Å²) in [7, 11) is 0. The van der Waals surface area contributed by atoms with Gasteiger partial charge in [-0.15, -0.1) is 0 Å². The van der Waals surface area contributed by atoms with E-state index in [1.165, 1.54) is 4.68 Å². The molecule has 0 radical (unpaired) electrons. The Morgan fingerprint density at radius 3 is 2.78 bits per heavy atom. The van der Waals surface area contributed by atoms with Crippen molar-refractivity contribution in [3.05, 3.63) is 21.6 Å². The molecule has 0 aliphatic carbocycles. The topological polar surface area (TPSA) is 59.0 Å². The maximum absolute atomic E-state index is 11.9. The van der Waals surface area contributed by atoms with Crippen LogP contribution in [0.15, 0.2) is 11.0 Å². The van der Waals surface area contributed by atoms with Gasteiger partial charge in [0, 0.05) is 6.54 Å². The molecule has 18 heavy (non-hydrogen) atoms. The molecule has 0 bridgehead atoms. The zero-order valence-corrected chi connectivity index (χ0v) is 11.9. The second-order valence-corrected chi connectivity index (χ2v) is 4.73. The first-order valence-corrected chi connectivity index (χ1v) is 6.67. The molecule has 5 nitrogen and oxygen atoms in total. The Hall–Kier alpha value is -1.07. The van der Waals surface area contributed by atoms with Gasteiger partial charge in [0.25, 0.3) is 5.56 Å². The Balaban J connectivity index is 2.63. The van der Waals surface area contributed by atoms with E-state index in [0.717, 1.165) is 26.1 Å². The lowest BCUT2D eigenvalue weighted by Crippen LogP contribution is -2.26. The van der Waals surface area contributed by atoms with Crippen molar-refractivity contribution < 1.29 is 0 Å². The lowest BCUT2D eigenvalue weighted by Gasteiger charge is -2.12. The molecule has 0 saturated heterocycles. The molecule has 2 N–H and O–H groups in total. The second kappa shape index (κ2) is 7.38. The van der Waals surface area contributed by atoms with E-state index in [1.54, 1.807) is 6.20 Å². The minimum Gasteiger partial charge on any atom is -0.382 e. The molecule has 1 heterocycles. The molecule has 1 aromatic rings. The summed E-state index contributed by atoms with van der Waals surface area (Å²) in [6.45, 7) is 8.53. The Bertz CT molecular complexity index is 431. The molecule has 0 amide bonds. The lowest BCUT2D eigenvalue weighted by molar-refractivity contribution is 0.503. The molecule has 0 unspecified atom stereocenters. The van der Waals surface area contributed by atoms with Gasteiger partial charge >= 0.3 is 0 Å². The van der Waals surface area contributed by atoms with Crippen LogP contribution in [0.2, 0.25) is 5.02 Å². The van der Waals surface area contributed by atoms with E-state index >= 15 is 0 Å². The molecule has 0 saturated carbocycles. The van der Waals surface area contributed by atoms with Crippen LogP contribution in [0.5, 0.6) is 0 Å². The minimum absolute atomic E-state index is 0.0119.